The summed E-state index contributed by atoms with van der Waals surface area (Å²) in [5, 5.41) is 12.2. The van der Waals surface area contributed by atoms with Crippen molar-refractivity contribution >= 4 is 42.2 Å². The highest BCUT2D eigenvalue weighted by atomic mass is 35.5. The standard InChI is InChI=1S/C24H31N3O5.ClH/c1-16(2)22(25)23(28)26-11-12-27(24(29)30)19-9-7-17(8-10-19)5-6-18-13-20(31-3)15-21(14-18)32-4;/h5-10,13-16,22H,11-12,25H2,1-4H3,(H,26,28)(H,29,30);1H/b6-5+;. The van der Waals surface area contributed by atoms with Gasteiger partial charge in [0.2, 0.25) is 5.91 Å². The zero-order valence-electron chi connectivity index (χ0n) is 19.3. The topological polar surface area (TPSA) is 114 Å². The van der Waals surface area contributed by atoms with Gasteiger partial charge in [-0.25, -0.2) is 4.79 Å². The molecule has 0 saturated heterocycles. The molecule has 180 valence electrons. The maximum absolute atomic E-state index is 12.0. The number of benzene rings is 2. The number of carbonyl (C=O) groups excluding carboxylic acids is 1. The smallest absolute Gasteiger partial charge is 0.411 e. The van der Waals surface area contributed by atoms with Crippen molar-refractivity contribution in [2.45, 2.75) is 19.9 Å². The molecule has 0 aliphatic heterocycles. The van der Waals surface area contributed by atoms with Crippen LogP contribution in [0.3, 0.4) is 0 Å². The van der Waals surface area contributed by atoms with Gasteiger partial charge in [-0.1, -0.05) is 38.1 Å². The van der Waals surface area contributed by atoms with Gasteiger partial charge in [0.15, 0.2) is 0 Å². The van der Waals surface area contributed by atoms with E-state index in [4.69, 9.17) is 15.2 Å². The van der Waals surface area contributed by atoms with Crippen LogP contribution in [-0.2, 0) is 4.79 Å². The molecule has 8 nitrogen and oxygen atoms in total. The third-order valence-electron chi connectivity index (χ3n) is 4.93. The van der Waals surface area contributed by atoms with Gasteiger partial charge in [-0.05, 0) is 41.3 Å². The van der Waals surface area contributed by atoms with Crippen molar-refractivity contribution in [2.24, 2.45) is 11.7 Å². The Morgan fingerprint density at radius 3 is 2.06 bits per heavy atom. The highest BCUT2D eigenvalue weighted by Gasteiger charge is 2.18. The first kappa shape index (κ1) is 27.8. The molecule has 0 aliphatic rings. The number of nitrogens with zero attached hydrogens (tertiary/aromatic N) is 1. The van der Waals surface area contributed by atoms with E-state index in [2.05, 4.69) is 5.32 Å². The molecule has 0 heterocycles. The van der Waals surface area contributed by atoms with Crippen molar-refractivity contribution < 1.29 is 24.2 Å². The zero-order chi connectivity index (χ0) is 23.7. The summed E-state index contributed by atoms with van der Waals surface area (Å²) in [6.45, 7) is 4.00. The van der Waals surface area contributed by atoms with Crippen molar-refractivity contribution in [1.29, 1.82) is 0 Å². The molecule has 0 fully saturated rings. The van der Waals surface area contributed by atoms with Crippen molar-refractivity contribution in [3.63, 3.8) is 0 Å². The van der Waals surface area contributed by atoms with Gasteiger partial charge in [0.05, 0.1) is 20.3 Å². The molecule has 0 aromatic heterocycles. The number of carbonyl (C=O) groups is 2. The number of anilines is 1. The molecule has 0 radical (unpaired) electrons. The highest BCUT2D eigenvalue weighted by Crippen LogP contribution is 2.24. The molecule has 0 spiro atoms. The van der Waals surface area contributed by atoms with Crippen LogP contribution in [0, 0.1) is 5.92 Å². The minimum Gasteiger partial charge on any atom is -0.497 e. The minimum atomic E-state index is -1.10. The van der Waals surface area contributed by atoms with Crippen LogP contribution >= 0.6 is 12.4 Å². The fraction of sp³-hybridized carbons (Fsp3) is 0.333. The summed E-state index contributed by atoms with van der Waals surface area (Å²) in [7, 11) is 3.19. The molecule has 4 N–H and O–H groups in total. The van der Waals surface area contributed by atoms with E-state index in [-0.39, 0.29) is 37.3 Å². The van der Waals surface area contributed by atoms with Crippen molar-refractivity contribution in [1.82, 2.24) is 5.32 Å². The molecule has 0 saturated carbocycles. The number of methoxy groups -OCH3 is 2. The summed E-state index contributed by atoms with van der Waals surface area (Å²) in [5.41, 5.74) is 8.13. The average molecular weight is 478 g/mol. The quantitative estimate of drug-likeness (QED) is 0.447. The molecule has 2 aromatic carbocycles. The van der Waals surface area contributed by atoms with Gasteiger partial charge in [0, 0.05) is 24.8 Å². The second-order valence-corrected chi connectivity index (χ2v) is 7.57. The first-order valence-electron chi connectivity index (χ1n) is 10.3. The average Bonchev–Trinajstić information content (AvgIpc) is 2.79. The summed E-state index contributed by atoms with van der Waals surface area (Å²) in [6.07, 6.45) is 2.73. The molecule has 1 atom stereocenters. The van der Waals surface area contributed by atoms with E-state index < -0.39 is 12.1 Å². The Morgan fingerprint density at radius 1 is 1.03 bits per heavy atom. The maximum atomic E-state index is 12.0. The normalized spacial score (nSPS) is 11.6. The van der Waals surface area contributed by atoms with Crippen LogP contribution < -0.4 is 25.4 Å². The van der Waals surface area contributed by atoms with E-state index in [1.54, 1.807) is 32.4 Å². The molecule has 33 heavy (non-hydrogen) atoms. The largest absolute Gasteiger partial charge is 0.497 e. The van der Waals surface area contributed by atoms with Crippen LogP contribution in [0.15, 0.2) is 42.5 Å². The van der Waals surface area contributed by atoms with Crippen LogP contribution in [0.4, 0.5) is 10.5 Å². The monoisotopic (exact) mass is 477 g/mol. The van der Waals surface area contributed by atoms with Crippen molar-refractivity contribution in [3.05, 3.63) is 53.6 Å². The molecule has 2 amide bonds. The lowest BCUT2D eigenvalue weighted by Crippen LogP contribution is -2.46. The van der Waals surface area contributed by atoms with Crippen LogP contribution in [-0.4, -0.2) is 50.5 Å². The van der Waals surface area contributed by atoms with Gasteiger partial charge in [0.25, 0.3) is 0 Å². The summed E-state index contributed by atoms with van der Waals surface area (Å²) in [5.74, 6) is 1.10. The number of amides is 2. The molecule has 1 unspecified atom stereocenters. The number of nitrogens with one attached hydrogen (secondary N) is 1. The van der Waals surface area contributed by atoms with Gasteiger partial charge in [-0.3, -0.25) is 9.69 Å². The molecule has 0 bridgehead atoms. The third kappa shape index (κ3) is 8.32. The summed E-state index contributed by atoms with van der Waals surface area (Å²) in [6, 6.07) is 12.1. The second-order valence-electron chi connectivity index (χ2n) is 7.57. The Hall–Kier alpha value is -3.23. The Morgan fingerprint density at radius 2 is 1.58 bits per heavy atom. The zero-order valence-corrected chi connectivity index (χ0v) is 20.1. The van der Waals surface area contributed by atoms with Crippen LogP contribution in [0.5, 0.6) is 11.5 Å². The maximum Gasteiger partial charge on any atom is 0.411 e. The predicted octanol–water partition coefficient (Wildman–Crippen LogP) is 3.88. The Bertz CT molecular complexity index is 925. The van der Waals surface area contributed by atoms with Crippen LogP contribution in [0.1, 0.15) is 25.0 Å². The van der Waals surface area contributed by atoms with Crippen LogP contribution in [0.2, 0.25) is 0 Å². The molecular formula is C24H32ClN3O5. The molecule has 0 aliphatic carbocycles. The molecular weight excluding hydrogens is 446 g/mol. The van der Waals surface area contributed by atoms with Gasteiger partial charge in [0.1, 0.15) is 11.5 Å². The number of halogens is 1. The fourth-order valence-electron chi connectivity index (χ4n) is 2.93. The number of hydrogen-bond acceptors (Lipinski definition) is 5. The fourth-order valence-corrected chi connectivity index (χ4v) is 2.93. The van der Waals surface area contributed by atoms with E-state index in [9.17, 15) is 14.7 Å². The van der Waals surface area contributed by atoms with E-state index >= 15 is 0 Å². The number of carboxylic acid groups (broad SMARTS) is 1. The van der Waals surface area contributed by atoms with Gasteiger partial charge >= 0.3 is 6.09 Å². The molecule has 2 aromatic rings. The van der Waals surface area contributed by atoms with Crippen LogP contribution in [0.25, 0.3) is 12.2 Å². The number of hydrogen-bond donors (Lipinski definition) is 3. The number of nitrogens with two attached hydrogens (primary N) is 1. The Kier molecular flexibility index (Phi) is 11.2. The summed E-state index contributed by atoms with van der Waals surface area (Å²) in [4.78, 5) is 24.8. The van der Waals surface area contributed by atoms with Gasteiger partial charge in [-0.15, -0.1) is 12.4 Å². The summed E-state index contributed by atoms with van der Waals surface area (Å²) >= 11 is 0. The Labute approximate surface area is 200 Å². The van der Waals surface area contributed by atoms with E-state index in [0.29, 0.717) is 17.2 Å². The number of ether oxygens (including phenoxy) is 2. The van der Waals surface area contributed by atoms with Gasteiger partial charge < -0.3 is 25.6 Å². The lowest BCUT2D eigenvalue weighted by molar-refractivity contribution is -0.123. The highest BCUT2D eigenvalue weighted by molar-refractivity contribution is 5.87. The Balaban J connectivity index is 0.00000544. The second kappa shape index (κ2) is 13.3. The third-order valence-corrected chi connectivity index (χ3v) is 4.93. The minimum absolute atomic E-state index is 0. The van der Waals surface area contributed by atoms with E-state index in [1.807, 2.05) is 50.3 Å². The first-order chi connectivity index (χ1) is 15.2. The van der Waals surface area contributed by atoms with E-state index in [1.165, 1.54) is 4.90 Å². The van der Waals surface area contributed by atoms with Crippen molar-refractivity contribution in [3.8, 4) is 11.5 Å². The lowest BCUT2D eigenvalue weighted by Gasteiger charge is -2.21. The predicted molar refractivity (Wildman–Crippen MR) is 133 cm³/mol. The molecule has 2 rings (SSSR count). The SMILES string of the molecule is COc1cc(/C=C/c2ccc(N(CCNC(=O)C(N)C(C)C)C(=O)O)cc2)cc(OC)c1.Cl. The van der Waals surface area contributed by atoms with Gasteiger partial charge in [-0.2, -0.15) is 0 Å². The summed E-state index contributed by atoms with van der Waals surface area (Å²) < 4.78 is 10.6. The first-order valence-corrected chi connectivity index (χ1v) is 10.3. The van der Waals surface area contributed by atoms with Crippen molar-refractivity contribution in [2.75, 3.05) is 32.2 Å². The van der Waals surface area contributed by atoms with E-state index in [0.717, 1.165) is 11.1 Å². The number of rotatable bonds is 10. The molecule has 9 heteroatoms. The lowest BCUT2D eigenvalue weighted by atomic mass is 10.1.